The van der Waals surface area contributed by atoms with Crippen molar-refractivity contribution in [1.82, 2.24) is 5.32 Å². The third-order valence-corrected chi connectivity index (χ3v) is 4.52. The van der Waals surface area contributed by atoms with Gasteiger partial charge in [0.25, 0.3) is 0 Å². The minimum atomic E-state index is -0.211. The van der Waals surface area contributed by atoms with Crippen LogP contribution in [0.3, 0.4) is 0 Å². The zero-order valence-corrected chi connectivity index (χ0v) is 13.7. The second-order valence-corrected chi connectivity index (χ2v) is 6.06. The van der Waals surface area contributed by atoms with E-state index < -0.39 is 0 Å². The SMILES string of the molecule is COc1cc(OC[C@H]2CNCC[C@@H]2c2ccc(F)cc2)ccc1O. The summed E-state index contributed by atoms with van der Waals surface area (Å²) in [6.45, 7) is 2.35. The Balaban J connectivity index is 1.69. The van der Waals surface area contributed by atoms with Crippen molar-refractivity contribution in [1.29, 1.82) is 0 Å². The molecule has 0 bridgehead atoms. The fourth-order valence-corrected chi connectivity index (χ4v) is 3.20. The minimum Gasteiger partial charge on any atom is -0.504 e. The zero-order chi connectivity index (χ0) is 16.9. The van der Waals surface area contributed by atoms with Crippen molar-refractivity contribution >= 4 is 0 Å². The Morgan fingerprint density at radius 1 is 1.21 bits per heavy atom. The highest BCUT2D eigenvalue weighted by atomic mass is 19.1. The van der Waals surface area contributed by atoms with Crippen LogP contribution in [0.25, 0.3) is 0 Å². The Labute approximate surface area is 141 Å². The smallest absolute Gasteiger partial charge is 0.164 e. The second kappa shape index (κ2) is 7.53. The lowest BCUT2D eigenvalue weighted by Gasteiger charge is -2.32. The van der Waals surface area contributed by atoms with Gasteiger partial charge in [0.05, 0.1) is 13.7 Å². The van der Waals surface area contributed by atoms with Gasteiger partial charge in [-0.25, -0.2) is 4.39 Å². The Morgan fingerprint density at radius 2 is 2.00 bits per heavy atom. The third kappa shape index (κ3) is 3.79. The van der Waals surface area contributed by atoms with Crippen LogP contribution in [0.4, 0.5) is 4.39 Å². The van der Waals surface area contributed by atoms with Crippen LogP contribution in [0.1, 0.15) is 17.9 Å². The standard InChI is InChI=1S/C19H22FNO3/c1-23-19-10-16(6-7-18(19)22)24-12-14-11-21-9-8-17(14)13-2-4-15(20)5-3-13/h2-7,10,14,17,21-22H,8-9,11-12H2,1H3/t14-,17-/m1/s1. The first-order valence-corrected chi connectivity index (χ1v) is 8.13. The topological polar surface area (TPSA) is 50.7 Å². The summed E-state index contributed by atoms with van der Waals surface area (Å²) in [6, 6.07) is 11.7. The average molecular weight is 331 g/mol. The first-order chi connectivity index (χ1) is 11.7. The van der Waals surface area contributed by atoms with Gasteiger partial charge in [-0.15, -0.1) is 0 Å². The maximum Gasteiger partial charge on any atom is 0.164 e. The summed E-state index contributed by atoms with van der Waals surface area (Å²) in [6.07, 6.45) is 0.999. The molecule has 1 aliphatic heterocycles. The molecule has 2 aromatic rings. The van der Waals surface area contributed by atoms with E-state index in [-0.39, 0.29) is 11.6 Å². The molecule has 24 heavy (non-hydrogen) atoms. The van der Waals surface area contributed by atoms with E-state index in [9.17, 15) is 9.50 Å². The van der Waals surface area contributed by atoms with Crippen molar-refractivity contribution < 1.29 is 19.0 Å². The molecule has 4 nitrogen and oxygen atoms in total. The van der Waals surface area contributed by atoms with E-state index in [0.717, 1.165) is 25.1 Å². The minimum absolute atomic E-state index is 0.0911. The van der Waals surface area contributed by atoms with E-state index in [4.69, 9.17) is 9.47 Å². The molecule has 2 aromatic carbocycles. The van der Waals surface area contributed by atoms with Crippen molar-refractivity contribution in [2.24, 2.45) is 5.92 Å². The summed E-state index contributed by atoms with van der Waals surface area (Å²) in [5.74, 6) is 1.57. The van der Waals surface area contributed by atoms with Crippen molar-refractivity contribution in [3.05, 3.63) is 53.8 Å². The van der Waals surface area contributed by atoms with Gasteiger partial charge in [0.15, 0.2) is 11.5 Å². The van der Waals surface area contributed by atoms with Gasteiger partial charge >= 0.3 is 0 Å². The summed E-state index contributed by atoms with van der Waals surface area (Å²) in [5, 5.41) is 13.0. The highest BCUT2D eigenvalue weighted by Crippen LogP contribution is 2.33. The molecule has 1 heterocycles. The van der Waals surface area contributed by atoms with Gasteiger partial charge < -0.3 is 19.9 Å². The number of hydrogen-bond acceptors (Lipinski definition) is 4. The maximum atomic E-state index is 13.2. The lowest BCUT2D eigenvalue weighted by atomic mass is 9.81. The van der Waals surface area contributed by atoms with Crippen LogP contribution in [0.5, 0.6) is 17.2 Å². The molecule has 2 N–H and O–H groups in total. The van der Waals surface area contributed by atoms with Crippen molar-refractivity contribution in [3.63, 3.8) is 0 Å². The number of methoxy groups -OCH3 is 1. The van der Waals surface area contributed by atoms with E-state index in [1.54, 1.807) is 18.2 Å². The predicted molar refractivity (Wildman–Crippen MR) is 90.3 cm³/mol. The van der Waals surface area contributed by atoms with Gasteiger partial charge in [0.1, 0.15) is 11.6 Å². The van der Waals surface area contributed by atoms with Gasteiger partial charge in [-0.2, -0.15) is 0 Å². The molecule has 0 amide bonds. The van der Waals surface area contributed by atoms with E-state index in [0.29, 0.717) is 29.9 Å². The first-order valence-electron chi connectivity index (χ1n) is 8.13. The van der Waals surface area contributed by atoms with E-state index >= 15 is 0 Å². The predicted octanol–water partition coefficient (Wildman–Crippen LogP) is 3.31. The molecule has 0 saturated carbocycles. The van der Waals surface area contributed by atoms with Crippen LogP contribution in [-0.4, -0.2) is 31.9 Å². The molecule has 0 aromatic heterocycles. The summed E-state index contributed by atoms with van der Waals surface area (Å²) in [5.41, 5.74) is 1.15. The fourth-order valence-electron chi connectivity index (χ4n) is 3.20. The van der Waals surface area contributed by atoms with Gasteiger partial charge in [-0.3, -0.25) is 0 Å². The number of halogens is 1. The molecule has 0 radical (unpaired) electrons. The number of phenolic OH excluding ortho intramolecular Hbond substituents is 1. The van der Waals surface area contributed by atoms with Crippen molar-refractivity contribution in [2.75, 3.05) is 26.8 Å². The largest absolute Gasteiger partial charge is 0.504 e. The summed E-state index contributed by atoms with van der Waals surface area (Å²) in [4.78, 5) is 0. The molecule has 1 aliphatic rings. The molecule has 0 unspecified atom stereocenters. The summed E-state index contributed by atoms with van der Waals surface area (Å²) in [7, 11) is 1.51. The normalized spacial score (nSPS) is 20.6. The van der Waals surface area contributed by atoms with Crippen molar-refractivity contribution in [3.8, 4) is 17.2 Å². The first kappa shape index (κ1) is 16.6. The number of phenols is 1. The van der Waals surface area contributed by atoms with Gasteiger partial charge in [-0.05, 0) is 48.7 Å². The lowest BCUT2D eigenvalue weighted by molar-refractivity contribution is 0.196. The highest BCUT2D eigenvalue weighted by molar-refractivity contribution is 5.44. The van der Waals surface area contributed by atoms with Gasteiger partial charge in [0.2, 0.25) is 0 Å². The van der Waals surface area contributed by atoms with Crippen LogP contribution >= 0.6 is 0 Å². The van der Waals surface area contributed by atoms with Crippen LogP contribution in [0, 0.1) is 11.7 Å². The van der Waals surface area contributed by atoms with E-state index in [1.807, 2.05) is 12.1 Å². The Morgan fingerprint density at radius 3 is 2.75 bits per heavy atom. The highest BCUT2D eigenvalue weighted by Gasteiger charge is 2.27. The molecule has 128 valence electrons. The lowest BCUT2D eigenvalue weighted by Crippen LogP contribution is -2.38. The molecule has 2 atom stereocenters. The Bertz CT molecular complexity index is 675. The monoisotopic (exact) mass is 331 g/mol. The number of benzene rings is 2. The second-order valence-electron chi connectivity index (χ2n) is 6.06. The fraction of sp³-hybridized carbons (Fsp3) is 0.368. The average Bonchev–Trinajstić information content (AvgIpc) is 2.62. The molecular formula is C19H22FNO3. The molecule has 5 heteroatoms. The number of aromatic hydroxyl groups is 1. The Hall–Kier alpha value is -2.27. The van der Waals surface area contributed by atoms with Crippen LogP contribution in [0.2, 0.25) is 0 Å². The Kier molecular flexibility index (Phi) is 5.20. The molecule has 1 saturated heterocycles. The quantitative estimate of drug-likeness (QED) is 0.882. The third-order valence-electron chi connectivity index (χ3n) is 4.52. The van der Waals surface area contributed by atoms with Crippen LogP contribution in [0.15, 0.2) is 42.5 Å². The van der Waals surface area contributed by atoms with E-state index in [2.05, 4.69) is 5.32 Å². The molecule has 0 spiro atoms. The molecular weight excluding hydrogens is 309 g/mol. The number of rotatable bonds is 5. The molecule has 0 aliphatic carbocycles. The van der Waals surface area contributed by atoms with E-state index in [1.165, 1.54) is 19.2 Å². The number of hydrogen-bond donors (Lipinski definition) is 2. The summed E-state index contributed by atoms with van der Waals surface area (Å²) >= 11 is 0. The molecule has 1 fully saturated rings. The van der Waals surface area contributed by atoms with Crippen molar-refractivity contribution in [2.45, 2.75) is 12.3 Å². The maximum absolute atomic E-state index is 13.2. The van der Waals surface area contributed by atoms with Crippen LogP contribution in [-0.2, 0) is 0 Å². The number of ether oxygens (including phenoxy) is 2. The number of piperidine rings is 1. The summed E-state index contributed by atoms with van der Waals surface area (Å²) < 4.78 is 24.2. The number of nitrogens with one attached hydrogen (secondary N) is 1. The van der Waals surface area contributed by atoms with Crippen LogP contribution < -0.4 is 14.8 Å². The zero-order valence-electron chi connectivity index (χ0n) is 13.7. The van der Waals surface area contributed by atoms with Gasteiger partial charge in [-0.1, -0.05) is 12.1 Å². The molecule has 3 rings (SSSR count). The van der Waals surface area contributed by atoms with Gasteiger partial charge in [0, 0.05) is 18.5 Å².